The third-order valence-electron chi connectivity index (χ3n) is 2.77. The zero-order valence-corrected chi connectivity index (χ0v) is 9.31. The Labute approximate surface area is 94.9 Å². The minimum atomic E-state index is 0.0355. The van der Waals surface area contributed by atoms with Crippen molar-refractivity contribution in [2.75, 3.05) is 19.6 Å². The summed E-state index contributed by atoms with van der Waals surface area (Å²) in [5, 5.41) is 12.4. The van der Waals surface area contributed by atoms with Crippen LogP contribution in [0.15, 0.2) is 24.3 Å². The molecule has 1 heterocycles. The number of nitrogens with one attached hydrogen (secondary N) is 1. The molecule has 0 radical (unpaired) electrons. The molecule has 2 N–H and O–H groups in total. The third-order valence-corrected chi connectivity index (χ3v) is 2.77. The number of benzene rings is 1. The highest BCUT2D eigenvalue weighted by Gasteiger charge is 2.21. The van der Waals surface area contributed by atoms with Crippen LogP contribution in [-0.2, 0) is 0 Å². The minimum Gasteiger partial charge on any atom is -0.508 e. The highest BCUT2D eigenvalue weighted by molar-refractivity contribution is 5.94. The Bertz CT molecular complexity index is 375. The number of nitrogens with zero attached hydrogens (tertiary/aromatic N) is 1. The number of rotatable bonds is 1. The van der Waals surface area contributed by atoms with E-state index in [1.807, 2.05) is 4.90 Å². The number of phenols is 1. The van der Waals surface area contributed by atoms with Crippen molar-refractivity contribution < 1.29 is 9.90 Å². The average Bonchev–Trinajstić information content (AvgIpc) is 2.29. The van der Waals surface area contributed by atoms with E-state index in [0.29, 0.717) is 11.6 Å². The van der Waals surface area contributed by atoms with Gasteiger partial charge in [0.2, 0.25) is 0 Å². The summed E-state index contributed by atoms with van der Waals surface area (Å²) in [7, 11) is 0. The maximum Gasteiger partial charge on any atom is 0.253 e. The van der Waals surface area contributed by atoms with Crippen molar-refractivity contribution in [3.63, 3.8) is 0 Å². The molecule has 1 atom stereocenters. The van der Waals surface area contributed by atoms with Crippen LogP contribution in [0.2, 0.25) is 0 Å². The number of phenolic OH excluding ortho intramolecular Hbond substituents is 1. The van der Waals surface area contributed by atoms with Crippen LogP contribution in [0, 0.1) is 0 Å². The van der Waals surface area contributed by atoms with Crippen molar-refractivity contribution >= 4 is 5.91 Å². The molecule has 2 rings (SSSR count). The van der Waals surface area contributed by atoms with Crippen LogP contribution in [0.3, 0.4) is 0 Å². The predicted octanol–water partition coefficient (Wildman–Crippen LogP) is 0.826. The molecule has 0 spiro atoms. The Kier molecular flexibility index (Phi) is 3.10. The van der Waals surface area contributed by atoms with Gasteiger partial charge < -0.3 is 15.3 Å². The number of amides is 1. The molecule has 1 amide bonds. The first kappa shape index (κ1) is 11.0. The third kappa shape index (κ3) is 2.33. The Morgan fingerprint density at radius 3 is 2.75 bits per heavy atom. The first-order chi connectivity index (χ1) is 7.66. The van der Waals surface area contributed by atoms with Crippen LogP contribution in [0.5, 0.6) is 5.75 Å². The van der Waals surface area contributed by atoms with Gasteiger partial charge in [-0.2, -0.15) is 0 Å². The van der Waals surface area contributed by atoms with Crippen LogP contribution in [0.1, 0.15) is 17.3 Å². The Balaban J connectivity index is 2.09. The average molecular weight is 220 g/mol. The zero-order chi connectivity index (χ0) is 11.5. The molecule has 0 bridgehead atoms. The standard InChI is InChI=1S/C12H16N2O2/c1-9-8-14(7-6-13-9)12(16)10-2-4-11(15)5-3-10/h2-5,9,13,15H,6-8H2,1H3/t9-/m1/s1. The highest BCUT2D eigenvalue weighted by atomic mass is 16.3. The van der Waals surface area contributed by atoms with E-state index in [4.69, 9.17) is 5.11 Å². The van der Waals surface area contributed by atoms with Gasteiger partial charge in [0.1, 0.15) is 5.75 Å². The number of hydrogen-bond acceptors (Lipinski definition) is 3. The van der Waals surface area contributed by atoms with Crippen molar-refractivity contribution in [2.45, 2.75) is 13.0 Å². The molecule has 0 saturated carbocycles. The topological polar surface area (TPSA) is 52.6 Å². The smallest absolute Gasteiger partial charge is 0.253 e. The van der Waals surface area contributed by atoms with E-state index >= 15 is 0 Å². The normalized spacial score (nSPS) is 20.8. The largest absolute Gasteiger partial charge is 0.508 e. The summed E-state index contributed by atoms with van der Waals surface area (Å²) in [6, 6.07) is 6.74. The van der Waals surface area contributed by atoms with Gasteiger partial charge in [-0.15, -0.1) is 0 Å². The zero-order valence-electron chi connectivity index (χ0n) is 9.31. The van der Waals surface area contributed by atoms with Crippen LogP contribution in [0.4, 0.5) is 0 Å². The maximum absolute atomic E-state index is 12.1. The Hall–Kier alpha value is -1.55. The molecule has 4 nitrogen and oxygen atoms in total. The quantitative estimate of drug-likeness (QED) is 0.737. The van der Waals surface area contributed by atoms with Crippen LogP contribution in [-0.4, -0.2) is 41.6 Å². The molecule has 0 aliphatic carbocycles. The maximum atomic E-state index is 12.1. The highest BCUT2D eigenvalue weighted by Crippen LogP contribution is 2.12. The van der Waals surface area contributed by atoms with Gasteiger partial charge in [-0.1, -0.05) is 0 Å². The molecular formula is C12H16N2O2. The SMILES string of the molecule is C[C@@H]1CN(C(=O)c2ccc(O)cc2)CCN1. The fourth-order valence-electron chi connectivity index (χ4n) is 1.90. The van der Waals surface area contributed by atoms with Gasteiger partial charge in [-0.05, 0) is 31.2 Å². The van der Waals surface area contributed by atoms with E-state index in [1.54, 1.807) is 24.3 Å². The second-order valence-electron chi connectivity index (χ2n) is 4.15. The Morgan fingerprint density at radius 2 is 2.12 bits per heavy atom. The molecule has 16 heavy (non-hydrogen) atoms. The Morgan fingerprint density at radius 1 is 1.44 bits per heavy atom. The first-order valence-electron chi connectivity index (χ1n) is 5.48. The number of piperazine rings is 1. The molecule has 0 aromatic heterocycles. The monoisotopic (exact) mass is 220 g/mol. The van der Waals surface area contributed by atoms with Crippen molar-refractivity contribution in [1.29, 1.82) is 0 Å². The summed E-state index contributed by atoms with van der Waals surface area (Å²) in [5.41, 5.74) is 0.631. The van der Waals surface area contributed by atoms with Crippen molar-refractivity contribution in [1.82, 2.24) is 10.2 Å². The second-order valence-corrected chi connectivity index (χ2v) is 4.15. The first-order valence-corrected chi connectivity index (χ1v) is 5.48. The summed E-state index contributed by atoms with van der Waals surface area (Å²) in [5.74, 6) is 0.221. The number of carbonyl (C=O) groups excluding carboxylic acids is 1. The van der Waals surface area contributed by atoms with Gasteiger partial charge in [0.15, 0.2) is 0 Å². The minimum absolute atomic E-state index is 0.0355. The lowest BCUT2D eigenvalue weighted by Gasteiger charge is -2.31. The molecule has 1 saturated heterocycles. The summed E-state index contributed by atoms with van der Waals surface area (Å²) in [6.07, 6.45) is 0. The van der Waals surface area contributed by atoms with Gasteiger partial charge in [0.25, 0.3) is 5.91 Å². The molecule has 1 aromatic carbocycles. The number of hydrogen-bond donors (Lipinski definition) is 2. The van der Waals surface area contributed by atoms with Crippen LogP contribution < -0.4 is 5.32 Å². The lowest BCUT2D eigenvalue weighted by atomic mass is 10.1. The molecule has 1 aromatic rings. The lowest BCUT2D eigenvalue weighted by Crippen LogP contribution is -2.51. The van der Waals surface area contributed by atoms with Gasteiger partial charge >= 0.3 is 0 Å². The summed E-state index contributed by atoms with van der Waals surface area (Å²) >= 11 is 0. The molecular weight excluding hydrogens is 204 g/mol. The number of aromatic hydroxyl groups is 1. The van der Waals surface area contributed by atoms with E-state index in [0.717, 1.165) is 19.6 Å². The van der Waals surface area contributed by atoms with Gasteiger partial charge in [-0.3, -0.25) is 4.79 Å². The molecule has 1 fully saturated rings. The fourth-order valence-corrected chi connectivity index (χ4v) is 1.90. The van der Waals surface area contributed by atoms with Crippen molar-refractivity contribution in [3.8, 4) is 5.75 Å². The van der Waals surface area contributed by atoms with Crippen LogP contribution in [0.25, 0.3) is 0 Å². The predicted molar refractivity (Wildman–Crippen MR) is 61.5 cm³/mol. The number of carbonyl (C=O) groups is 1. The molecule has 1 aliphatic heterocycles. The molecule has 1 aliphatic rings. The van der Waals surface area contributed by atoms with E-state index in [1.165, 1.54) is 0 Å². The van der Waals surface area contributed by atoms with Crippen LogP contribution >= 0.6 is 0 Å². The molecule has 4 heteroatoms. The van der Waals surface area contributed by atoms with Gasteiger partial charge in [-0.25, -0.2) is 0 Å². The molecule has 0 unspecified atom stereocenters. The summed E-state index contributed by atoms with van der Waals surface area (Å²) in [4.78, 5) is 13.9. The summed E-state index contributed by atoms with van der Waals surface area (Å²) < 4.78 is 0. The lowest BCUT2D eigenvalue weighted by molar-refractivity contribution is 0.0709. The fraction of sp³-hybridized carbons (Fsp3) is 0.417. The van der Waals surface area contributed by atoms with E-state index < -0.39 is 0 Å². The van der Waals surface area contributed by atoms with Gasteiger partial charge in [0, 0.05) is 31.2 Å². The molecule has 86 valence electrons. The van der Waals surface area contributed by atoms with E-state index in [-0.39, 0.29) is 11.7 Å². The van der Waals surface area contributed by atoms with Crippen molar-refractivity contribution in [3.05, 3.63) is 29.8 Å². The van der Waals surface area contributed by atoms with Gasteiger partial charge in [0.05, 0.1) is 0 Å². The van der Waals surface area contributed by atoms with E-state index in [2.05, 4.69) is 12.2 Å². The summed E-state index contributed by atoms with van der Waals surface area (Å²) in [6.45, 7) is 4.38. The second kappa shape index (κ2) is 4.53. The van der Waals surface area contributed by atoms with E-state index in [9.17, 15) is 4.79 Å². The van der Waals surface area contributed by atoms with Crippen molar-refractivity contribution in [2.24, 2.45) is 0 Å².